The molecule has 0 spiro atoms. The molecule has 0 aromatic heterocycles. The average Bonchev–Trinajstić information content (AvgIpc) is 2.50. The lowest BCUT2D eigenvalue weighted by Gasteiger charge is -2.35. The minimum atomic E-state index is 0.688. The smallest absolute Gasteiger partial charge is 0.00708 e. The second-order valence-electron chi connectivity index (χ2n) is 7.87. The Morgan fingerprint density at radius 1 is 0.810 bits per heavy atom. The van der Waals surface area contributed by atoms with E-state index in [2.05, 4.69) is 31.4 Å². The monoisotopic (exact) mass is 294 g/mol. The van der Waals surface area contributed by atoms with E-state index in [1.807, 2.05) is 0 Å². The molecule has 2 fully saturated rings. The third kappa shape index (κ3) is 6.28. The van der Waals surface area contributed by atoms with E-state index in [0.29, 0.717) is 6.04 Å². The van der Waals surface area contributed by atoms with Crippen molar-refractivity contribution in [3.8, 4) is 0 Å². The van der Waals surface area contributed by atoms with Gasteiger partial charge in [0.1, 0.15) is 0 Å². The Bertz CT molecular complexity index is 265. The normalized spacial score (nSPS) is 31.0. The van der Waals surface area contributed by atoms with Gasteiger partial charge in [0.05, 0.1) is 0 Å². The molecule has 2 heteroatoms. The summed E-state index contributed by atoms with van der Waals surface area (Å²) in [7, 11) is 0. The minimum absolute atomic E-state index is 0.688. The van der Waals surface area contributed by atoms with Gasteiger partial charge < -0.3 is 10.6 Å². The Morgan fingerprint density at radius 3 is 2.00 bits per heavy atom. The molecule has 0 aliphatic heterocycles. The molecule has 21 heavy (non-hydrogen) atoms. The maximum absolute atomic E-state index is 3.95. The Morgan fingerprint density at radius 2 is 1.38 bits per heavy atom. The van der Waals surface area contributed by atoms with Crippen molar-refractivity contribution in [1.29, 1.82) is 0 Å². The quantitative estimate of drug-likeness (QED) is 0.715. The van der Waals surface area contributed by atoms with Crippen LogP contribution in [0.15, 0.2) is 0 Å². The zero-order valence-corrected chi connectivity index (χ0v) is 14.7. The van der Waals surface area contributed by atoms with Crippen LogP contribution in [-0.2, 0) is 0 Å². The van der Waals surface area contributed by atoms with Crippen molar-refractivity contribution < 1.29 is 0 Å². The lowest BCUT2D eigenvalue weighted by Crippen LogP contribution is -2.46. The van der Waals surface area contributed by atoms with Crippen LogP contribution in [0.1, 0.15) is 91.4 Å². The summed E-state index contributed by atoms with van der Waals surface area (Å²) in [5.41, 5.74) is 0. The van der Waals surface area contributed by atoms with Crippen molar-refractivity contribution in [3.05, 3.63) is 0 Å². The van der Waals surface area contributed by atoms with Crippen LogP contribution in [0.3, 0.4) is 0 Å². The SMILES string of the molecule is CCC(C)CC(C)NC1CCC(NC2CCCCC2)CC1. The first-order valence-electron chi connectivity index (χ1n) is 9.69. The maximum atomic E-state index is 3.95. The summed E-state index contributed by atoms with van der Waals surface area (Å²) in [6, 6.07) is 3.09. The van der Waals surface area contributed by atoms with Gasteiger partial charge in [-0.05, 0) is 57.8 Å². The summed E-state index contributed by atoms with van der Waals surface area (Å²) < 4.78 is 0. The van der Waals surface area contributed by atoms with Gasteiger partial charge in [-0.25, -0.2) is 0 Å². The van der Waals surface area contributed by atoms with E-state index in [4.69, 9.17) is 0 Å². The highest BCUT2D eigenvalue weighted by molar-refractivity contribution is 4.85. The topological polar surface area (TPSA) is 24.1 Å². The second kappa shape index (κ2) is 9.15. The highest BCUT2D eigenvalue weighted by Crippen LogP contribution is 2.24. The van der Waals surface area contributed by atoms with E-state index in [9.17, 15) is 0 Å². The molecule has 2 saturated carbocycles. The summed E-state index contributed by atoms with van der Waals surface area (Å²) in [6.07, 6.45) is 15.3. The average molecular weight is 295 g/mol. The fraction of sp³-hybridized carbons (Fsp3) is 1.00. The van der Waals surface area contributed by atoms with E-state index in [1.54, 1.807) is 0 Å². The number of rotatable bonds is 7. The number of nitrogens with one attached hydrogen (secondary N) is 2. The van der Waals surface area contributed by atoms with E-state index >= 15 is 0 Å². The van der Waals surface area contributed by atoms with Crippen LogP contribution >= 0.6 is 0 Å². The van der Waals surface area contributed by atoms with Crippen LogP contribution < -0.4 is 10.6 Å². The Labute approximate surface area is 132 Å². The molecule has 2 aliphatic rings. The molecule has 0 aromatic rings. The van der Waals surface area contributed by atoms with Gasteiger partial charge in [-0.3, -0.25) is 0 Å². The largest absolute Gasteiger partial charge is 0.311 e. The number of hydrogen-bond donors (Lipinski definition) is 2. The molecule has 2 atom stereocenters. The van der Waals surface area contributed by atoms with Crippen molar-refractivity contribution in [1.82, 2.24) is 10.6 Å². The van der Waals surface area contributed by atoms with Gasteiger partial charge in [0, 0.05) is 24.2 Å². The van der Waals surface area contributed by atoms with Crippen LogP contribution in [0.25, 0.3) is 0 Å². The van der Waals surface area contributed by atoms with Crippen molar-refractivity contribution in [2.45, 2.75) is 116 Å². The van der Waals surface area contributed by atoms with Gasteiger partial charge in [0.25, 0.3) is 0 Å². The van der Waals surface area contributed by atoms with E-state index in [-0.39, 0.29) is 0 Å². The zero-order chi connectivity index (χ0) is 15.1. The molecule has 0 radical (unpaired) electrons. The molecule has 0 bridgehead atoms. The second-order valence-corrected chi connectivity index (χ2v) is 7.87. The predicted octanol–water partition coefficient (Wildman–Crippen LogP) is 4.63. The minimum Gasteiger partial charge on any atom is -0.311 e. The lowest BCUT2D eigenvalue weighted by atomic mass is 9.88. The molecule has 2 unspecified atom stereocenters. The molecule has 2 nitrogen and oxygen atoms in total. The fourth-order valence-corrected chi connectivity index (χ4v) is 4.27. The first-order valence-corrected chi connectivity index (χ1v) is 9.69. The highest BCUT2D eigenvalue weighted by Gasteiger charge is 2.24. The fourth-order valence-electron chi connectivity index (χ4n) is 4.27. The molecule has 0 amide bonds. The molecule has 2 rings (SSSR count). The van der Waals surface area contributed by atoms with E-state index < -0.39 is 0 Å². The maximum Gasteiger partial charge on any atom is 0.00708 e. The zero-order valence-electron chi connectivity index (χ0n) is 14.7. The van der Waals surface area contributed by atoms with Gasteiger partial charge in [0.2, 0.25) is 0 Å². The molecule has 0 heterocycles. The molecular weight excluding hydrogens is 256 g/mol. The third-order valence-corrected chi connectivity index (χ3v) is 5.78. The predicted molar refractivity (Wildman–Crippen MR) is 92.7 cm³/mol. The van der Waals surface area contributed by atoms with Crippen molar-refractivity contribution in [3.63, 3.8) is 0 Å². The van der Waals surface area contributed by atoms with Crippen LogP contribution in [0.2, 0.25) is 0 Å². The molecule has 2 aliphatic carbocycles. The first-order chi connectivity index (χ1) is 10.2. The Balaban J connectivity index is 1.61. The van der Waals surface area contributed by atoms with Crippen LogP contribution in [0, 0.1) is 5.92 Å². The molecule has 2 N–H and O–H groups in total. The van der Waals surface area contributed by atoms with Gasteiger partial charge in [-0.2, -0.15) is 0 Å². The highest BCUT2D eigenvalue weighted by atomic mass is 15.0. The van der Waals surface area contributed by atoms with E-state index in [1.165, 1.54) is 70.6 Å². The summed E-state index contributed by atoms with van der Waals surface area (Å²) in [5.74, 6) is 0.858. The Hall–Kier alpha value is -0.0800. The van der Waals surface area contributed by atoms with Gasteiger partial charge >= 0.3 is 0 Å². The van der Waals surface area contributed by atoms with Gasteiger partial charge in [0.15, 0.2) is 0 Å². The van der Waals surface area contributed by atoms with Crippen molar-refractivity contribution in [2.24, 2.45) is 5.92 Å². The Kier molecular flexibility index (Phi) is 7.53. The first kappa shape index (κ1) is 17.3. The van der Waals surface area contributed by atoms with Gasteiger partial charge in [-0.1, -0.05) is 39.5 Å². The summed E-state index contributed by atoms with van der Waals surface area (Å²) in [6.45, 7) is 7.06. The van der Waals surface area contributed by atoms with Crippen molar-refractivity contribution >= 4 is 0 Å². The van der Waals surface area contributed by atoms with Crippen LogP contribution in [-0.4, -0.2) is 24.2 Å². The van der Waals surface area contributed by atoms with Crippen LogP contribution in [0.5, 0.6) is 0 Å². The standard InChI is InChI=1S/C19H38N2/c1-4-15(2)14-16(3)20-18-10-12-19(13-11-18)21-17-8-6-5-7-9-17/h15-21H,4-14H2,1-3H3. The molecule has 0 aromatic carbocycles. The van der Waals surface area contributed by atoms with E-state index in [0.717, 1.165) is 24.0 Å². The summed E-state index contributed by atoms with van der Waals surface area (Å²) in [5, 5.41) is 7.83. The van der Waals surface area contributed by atoms with Gasteiger partial charge in [-0.15, -0.1) is 0 Å². The molecule has 0 saturated heterocycles. The van der Waals surface area contributed by atoms with Crippen molar-refractivity contribution in [2.75, 3.05) is 0 Å². The third-order valence-electron chi connectivity index (χ3n) is 5.78. The number of hydrogen-bond acceptors (Lipinski definition) is 2. The summed E-state index contributed by atoms with van der Waals surface area (Å²) >= 11 is 0. The molecule has 124 valence electrons. The lowest BCUT2D eigenvalue weighted by molar-refractivity contribution is 0.248. The van der Waals surface area contributed by atoms with Crippen LogP contribution in [0.4, 0.5) is 0 Å². The molecular formula is C19H38N2. The summed E-state index contributed by atoms with van der Waals surface area (Å²) in [4.78, 5) is 0.